The third-order valence-corrected chi connectivity index (χ3v) is 0.595. The molecule has 0 aliphatic heterocycles. The molecule has 74 valence electrons. The van der Waals surface area contributed by atoms with Gasteiger partial charge in [0.25, 0.3) is 0 Å². The van der Waals surface area contributed by atoms with E-state index in [1.807, 2.05) is 0 Å². The molecule has 0 bridgehead atoms. The average molecular weight is 190 g/mol. The van der Waals surface area contributed by atoms with Crippen LogP contribution in [0, 0.1) is 0 Å². The van der Waals surface area contributed by atoms with Crippen LogP contribution in [0.5, 0.6) is 0 Å². The molecule has 3 N–H and O–H groups in total. The van der Waals surface area contributed by atoms with Gasteiger partial charge in [-0.15, -0.1) is 0 Å². The lowest BCUT2D eigenvalue weighted by Crippen LogP contribution is -2.09. The van der Waals surface area contributed by atoms with E-state index < -0.39 is 17.9 Å². The van der Waals surface area contributed by atoms with Crippen molar-refractivity contribution in [3.63, 3.8) is 0 Å². The Morgan fingerprint density at radius 2 is 1.23 bits per heavy atom. The number of hydrogen-bond acceptors (Lipinski definition) is 3. The molecule has 0 fully saturated rings. The standard InChI is InChI=1S/C5H8O2.C2H2O4/c1-4(2)3-5(6)7;3-1(4)2(5)6/h3H,1-2H3,(H,6,7);(H,3,4)(H,5,6). The largest absolute Gasteiger partial charge is 0.478 e. The van der Waals surface area contributed by atoms with Crippen molar-refractivity contribution in [3.05, 3.63) is 11.6 Å². The smallest absolute Gasteiger partial charge is 0.414 e. The topological polar surface area (TPSA) is 112 Å². The Balaban J connectivity index is 0. The normalized spacial score (nSPS) is 7.54. The summed E-state index contributed by atoms with van der Waals surface area (Å²) in [5.41, 5.74) is 0.813. The van der Waals surface area contributed by atoms with Gasteiger partial charge in [0.1, 0.15) is 0 Å². The molecule has 0 unspecified atom stereocenters. The van der Waals surface area contributed by atoms with Gasteiger partial charge in [-0.25, -0.2) is 14.4 Å². The minimum Gasteiger partial charge on any atom is -0.478 e. The number of rotatable bonds is 1. The minimum atomic E-state index is -1.82. The highest BCUT2D eigenvalue weighted by Gasteiger charge is 2.04. The van der Waals surface area contributed by atoms with E-state index in [0.717, 1.165) is 5.57 Å². The lowest BCUT2D eigenvalue weighted by molar-refractivity contribution is -0.159. The van der Waals surface area contributed by atoms with Crippen molar-refractivity contribution in [1.82, 2.24) is 0 Å². The first-order valence-corrected chi connectivity index (χ1v) is 3.11. The number of hydrogen-bond donors (Lipinski definition) is 3. The van der Waals surface area contributed by atoms with Gasteiger partial charge in [-0.3, -0.25) is 0 Å². The average Bonchev–Trinajstić information content (AvgIpc) is 1.84. The van der Waals surface area contributed by atoms with Crippen molar-refractivity contribution in [2.45, 2.75) is 13.8 Å². The molecule has 0 rings (SSSR count). The molecule has 0 aromatic carbocycles. The second-order valence-electron chi connectivity index (χ2n) is 2.17. The van der Waals surface area contributed by atoms with Crippen LogP contribution in [-0.4, -0.2) is 33.2 Å². The van der Waals surface area contributed by atoms with Crippen molar-refractivity contribution in [3.8, 4) is 0 Å². The predicted octanol–water partition coefficient (Wildman–Crippen LogP) is 0.193. The van der Waals surface area contributed by atoms with Crippen LogP contribution in [0.2, 0.25) is 0 Å². The van der Waals surface area contributed by atoms with Crippen LogP contribution in [-0.2, 0) is 14.4 Å². The summed E-state index contributed by atoms with van der Waals surface area (Å²) in [5, 5.41) is 22.8. The zero-order chi connectivity index (χ0) is 11.0. The highest BCUT2D eigenvalue weighted by Crippen LogP contribution is 1.85. The molecule has 0 aliphatic carbocycles. The third-order valence-electron chi connectivity index (χ3n) is 0.595. The molecule has 0 aromatic rings. The van der Waals surface area contributed by atoms with Gasteiger partial charge in [-0.1, -0.05) is 5.57 Å². The molecule has 0 saturated heterocycles. The molecule has 13 heavy (non-hydrogen) atoms. The number of carboxylic acids is 3. The second kappa shape index (κ2) is 6.84. The first-order chi connectivity index (χ1) is 5.77. The molecule has 0 heterocycles. The number of carbonyl (C=O) groups is 3. The summed E-state index contributed by atoms with van der Waals surface area (Å²) in [6.45, 7) is 3.49. The molecule has 6 nitrogen and oxygen atoms in total. The van der Waals surface area contributed by atoms with E-state index in [0.29, 0.717) is 0 Å². The minimum absolute atomic E-state index is 0.813. The Kier molecular flexibility index (Phi) is 7.21. The van der Waals surface area contributed by atoms with Gasteiger partial charge in [0, 0.05) is 6.08 Å². The Morgan fingerprint density at radius 1 is 0.923 bits per heavy atom. The molecule has 0 amide bonds. The molecule has 0 radical (unpaired) electrons. The highest BCUT2D eigenvalue weighted by molar-refractivity contribution is 6.27. The third kappa shape index (κ3) is 17.8. The molecule has 0 aliphatic rings. The van der Waals surface area contributed by atoms with E-state index in [1.54, 1.807) is 13.8 Å². The number of allylic oxidation sites excluding steroid dienone is 1. The molecular weight excluding hydrogens is 180 g/mol. The summed E-state index contributed by atoms with van der Waals surface area (Å²) >= 11 is 0. The summed E-state index contributed by atoms with van der Waals surface area (Å²) in [7, 11) is 0. The van der Waals surface area contributed by atoms with Crippen molar-refractivity contribution in [1.29, 1.82) is 0 Å². The fourth-order valence-corrected chi connectivity index (χ4v) is 0.247. The van der Waals surface area contributed by atoms with E-state index in [1.165, 1.54) is 6.08 Å². The summed E-state index contributed by atoms with van der Waals surface area (Å²) < 4.78 is 0. The van der Waals surface area contributed by atoms with E-state index in [9.17, 15) is 4.79 Å². The maximum absolute atomic E-state index is 9.73. The first-order valence-electron chi connectivity index (χ1n) is 3.11. The lowest BCUT2D eigenvalue weighted by Gasteiger charge is -1.79. The Labute approximate surface area is 74.1 Å². The van der Waals surface area contributed by atoms with Gasteiger partial charge < -0.3 is 15.3 Å². The van der Waals surface area contributed by atoms with E-state index in [-0.39, 0.29) is 0 Å². The first kappa shape index (κ1) is 13.7. The summed E-state index contributed by atoms with van der Waals surface area (Å²) in [6, 6.07) is 0. The summed E-state index contributed by atoms with van der Waals surface area (Å²) in [6.07, 6.45) is 1.17. The van der Waals surface area contributed by atoms with Crippen LogP contribution in [0.3, 0.4) is 0 Å². The fourth-order valence-electron chi connectivity index (χ4n) is 0.247. The van der Waals surface area contributed by atoms with Gasteiger partial charge in [-0.05, 0) is 13.8 Å². The van der Waals surface area contributed by atoms with E-state index in [2.05, 4.69) is 0 Å². The summed E-state index contributed by atoms with van der Waals surface area (Å²) in [5.74, 6) is -4.52. The van der Waals surface area contributed by atoms with Crippen molar-refractivity contribution in [2.75, 3.05) is 0 Å². The molecule has 0 aromatic heterocycles. The van der Waals surface area contributed by atoms with Crippen molar-refractivity contribution >= 4 is 17.9 Å². The highest BCUT2D eigenvalue weighted by atomic mass is 16.4. The van der Waals surface area contributed by atoms with Crippen LogP contribution in [0.1, 0.15) is 13.8 Å². The second-order valence-corrected chi connectivity index (χ2v) is 2.17. The molecule has 0 atom stereocenters. The van der Waals surface area contributed by atoms with Crippen LogP contribution in [0.4, 0.5) is 0 Å². The quantitative estimate of drug-likeness (QED) is 0.402. The SMILES string of the molecule is CC(C)=CC(=O)O.O=C(O)C(=O)O. The van der Waals surface area contributed by atoms with Crippen molar-refractivity contribution in [2.24, 2.45) is 0 Å². The maximum atomic E-state index is 9.73. The van der Waals surface area contributed by atoms with E-state index >= 15 is 0 Å². The van der Waals surface area contributed by atoms with Gasteiger partial charge in [0.2, 0.25) is 0 Å². The van der Waals surface area contributed by atoms with Crippen molar-refractivity contribution < 1.29 is 29.7 Å². The molecule has 6 heteroatoms. The molecular formula is C7H10O6. The van der Waals surface area contributed by atoms with Crippen LogP contribution >= 0.6 is 0 Å². The Hall–Kier alpha value is -1.85. The van der Waals surface area contributed by atoms with Gasteiger partial charge >= 0.3 is 17.9 Å². The number of carboxylic acid groups (broad SMARTS) is 3. The van der Waals surface area contributed by atoms with E-state index in [4.69, 9.17) is 24.9 Å². The zero-order valence-corrected chi connectivity index (χ0v) is 7.14. The maximum Gasteiger partial charge on any atom is 0.414 e. The fraction of sp³-hybridized carbons (Fsp3) is 0.286. The Bertz CT molecular complexity index is 223. The molecule has 0 saturated carbocycles. The predicted molar refractivity (Wildman–Crippen MR) is 42.3 cm³/mol. The Morgan fingerprint density at radius 3 is 1.23 bits per heavy atom. The monoisotopic (exact) mass is 190 g/mol. The number of aliphatic carboxylic acids is 3. The van der Waals surface area contributed by atoms with Crippen LogP contribution in [0.25, 0.3) is 0 Å². The lowest BCUT2D eigenvalue weighted by atomic mass is 10.3. The van der Waals surface area contributed by atoms with Crippen LogP contribution in [0.15, 0.2) is 11.6 Å². The van der Waals surface area contributed by atoms with Gasteiger partial charge in [0.15, 0.2) is 0 Å². The molecule has 0 spiro atoms. The van der Waals surface area contributed by atoms with Gasteiger partial charge in [-0.2, -0.15) is 0 Å². The van der Waals surface area contributed by atoms with Crippen LogP contribution < -0.4 is 0 Å². The van der Waals surface area contributed by atoms with Gasteiger partial charge in [0.05, 0.1) is 0 Å². The summed E-state index contributed by atoms with van der Waals surface area (Å²) in [4.78, 5) is 27.9. The zero-order valence-electron chi connectivity index (χ0n) is 7.14.